The van der Waals surface area contributed by atoms with Gasteiger partial charge in [0.1, 0.15) is 11.5 Å². The van der Waals surface area contributed by atoms with Crippen molar-refractivity contribution in [2.75, 3.05) is 20.8 Å². The average Bonchev–Trinajstić information content (AvgIpc) is 3.31. The van der Waals surface area contributed by atoms with Crippen molar-refractivity contribution in [3.63, 3.8) is 0 Å². The molecule has 2 aromatic heterocycles. The second-order valence-corrected chi connectivity index (χ2v) is 7.80. The Bertz CT molecular complexity index is 986. The van der Waals surface area contributed by atoms with Crippen LogP contribution in [0.2, 0.25) is 0 Å². The normalized spacial score (nSPS) is 16.9. The first-order chi connectivity index (χ1) is 13.1. The van der Waals surface area contributed by atoms with Crippen molar-refractivity contribution in [1.82, 2.24) is 14.7 Å². The molecule has 1 aliphatic rings. The molecule has 3 heterocycles. The van der Waals surface area contributed by atoms with E-state index in [1.165, 1.54) is 10.4 Å². The predicted octanol–water partition coefficient (Wildman–Crippen LogP) is 4.53. The largest absolute Gasteiger partial charge is 0.497 e. The van der Waals surface area contributed by atoms with Crippen molar-refractivity contribution in [1.29, 1.82) is 0 Å². The summed E-state index contributed by atoms with van der Waals surface area (Å²) in [6.45, 7) is 3.80. The molecule has 4 rings (SSSR count). The van der Waals surface area contributed by atoms with Gasteiger partial charge in [-0.1, -0.05) is 0 Å². The zero-order valence-corrected chi connectivity index (χ0v) is 17.1. The van der Waals surface area contributed by atoms with Gasteiger partial charge >= 0.3 is 0 Å². The summed E-state index contributed by atoms with van der Waals surface area (Å²) in [4.78, 5) is 4.20. The summed E-state index contributed by atoms with van der Waals surface area (Å²) < 4.78 is 18.2. The lowest BCUT2D eigenvalue weighted by Gasteiger charge is -2.32. The molecule has 8 heteroatoms. The highest BCUT2D eigenvalue weighted by atomic mass is 32.1. The smallest absolute Gasteiger partial charge is 0.288 e. The van der Waals surface area contributed by atoms with Gasteiger partial charge in [-0.25, -0.2) is 4.68 Å². The van der Waals surface area contributed by atoms with Gasteiger partial charge in [0.25, 0.3) is 4.84 Å². The topological polar surface area (TPSA) is 52.7 Å². The van der Waals surface area contributed by atoms with Crippen LogP contribution in [0.1, 0.15) is 23.4 Å². The van der Waals surface area contributed by atoms with Crippen LogP contribution < -0.4 is 9.47 Å². The molecule has 0 bridgehead atoms. The quantitative estimate of drug-likeness (QED) is 0.584. The van der Waals surface area contributed by atoms with Gasteiger partial charge in [0.2, 0.25) is 5.89 Å². The van der Waals surface area contributed by atoms with Crippen LogP contribution in [0.3, 0.4) is 0 Å². The van der Waals surface area contributed by atoms with Crippen molar-refractivity contribution in [2.24, 2.45) is 0 Å². The molecule has 0 saturated heterocycles. The number of ether oxygens (including phenoxy) is 2. The third kappa shape index (κ3) is 3.52. The molecule has 0 amide bonds. The first kappa shape index (κ1) is 18.2. The van der Waals surface area contributed by atoms with Crippen LogP contribution in [0.25, 0.3) is 11.5 Å². The van der Waals surface area contributed by atoms with Gasteiger partial charge in [0.15, 0.2) is 0 Å². The van der Waals surface area contributed by atoms with E-state index in [0.717, 1.165) is 18.5 Å². The monoisotopic (exact) mass is 403 g/mol. The van der Waals surface area contributed by atoms with Crippen LogP contribution in [-0.4, -0.2) is 35.4 Å². The Kier molecular flexibility index (Phi) is 5.03. The van der Waals surface area contributed by atoms with Crippen LogP contribution in [0.15, 0.2) is 34.1 Å². The Morgan fingerprint density at radius 3 is 2.70 bits per heavy atom. The number of hydrogen-bond donors (Lipinski definition) is 0. The summed E-state index contributed by atoms with van der Waals surface area (Å²) in [6, 6.07) is 8.07. The van der Waals surface area contributed by atoms with E-state index < -0.39 is 0 Å². The van der Waals surface area contributed by atoms with Crippen LogP contribution in [0.4, 0.5) is 0 Å². The second-order valence-electron chi connectivity index (χ2n) is 6.45. The first-order valence-corrected chi connectivity index (χ1v) is 9.99. The number of rotatable bonds is 5. The Balaban J connectivity index is 1.60. The molecule has 142 valence electrons. The lowest BCUT2D eigenvalue weighted by molar-refractivity contribution is 0.142. The maximum atomic E-state index is 5.76. The molecule has 0 N–H and O–H groups in total. The number of methoxy groups -OCH3 is 2. The lowest BCUT2D eigenvalue weighted by atomic mass is 10.0. The summed E-state index contributed by atoms with van der Waals surface area (Å²) in [5.74, 6) is 1.81. The molecule has 0 fully saturated rings. The third-order valence-corrected chi connectivity index (χ3v) is 6.21. The lowest BCUT2D eigenvalue weighted by Crippen LogP contribution is -2.35. The van der Waals surface area contributed by atoms with Crippen LogP contribution in [0.5, 0.6) is 11.5 Å². The standard InChI is InChI=1S/C19H21N3O3S2/c1-12-16-5-7-27-17(16)4-6-21(12)11-22-19(26)25-18(20-22)13-8-14(23-2)10-15(9-13)24-3/h5,7-10,12H,4,6,11H2,1-3H3/t12-/m1/s1. The van der Waals surface area contributed by atoms with E-state index in [1.54, 1.807) is 18.9 Å². The molecule has 0 unspecified atom stereocenters. The number of thiophene rings is 1. The summed E-state index contributed by atoms with van der Waals surface area (Å²) in [7, 11) is 3.23. The van der Waals surface area contributed by atoms with Crippen LogP contribution >= 0.6 is 23.6 Å². The fourth-order valence-corrected chi connectivity index (χ4v) is 4.51. The molecule has 1 atom stereocenters. The van der Waals surface area contributed by atoms with Crippen molar-refractivity contribution >= 4 is 23.6 Å². The van der Waals surface area contributed by atoms with E-state index in [9.17, 15) is 0 Å². The minimum absolute atomic E-state index is 0.332. The molecule has 0 aliphatic carbocycles. The van der Waals surface area contributed by atoms with Gasteiger partial charge in [0.05, 0.1) is 20.9 Å². The SMILES string of the molecule is COc1cc(OC)cc(-c2nn(CN3CCc4sccc4[C@H]3C)c(=S)o2)c1. The summed E-state index contributed by atoms with van der Waals surface area (Å²) in [5.41, 5.74) is 2.17. The Morgan fingerprint density at radius 1 is 1.26 bits per heavy atom. The highest BCUT2D eigenvalue weighted by molar-refractivity contribution is 7.71. The number of benzene rings is 1. The van der Waals surface area contributed by atoms with E-state index >= 15 is 0 Å². The van der Waals surface area contributed by atoms with Crippen LogP contribution in [-0.2, 0) is 13.1 Å². The van der Waals surface area contributed by atoms with Gasteiger partial charge in [-0.15, -0.1) is 16.4 Å². The minimum Gasteiger partial charge on any atom is -0.497 e. The molecular formula is C19H21N3O3S2. The minimum atomic E-state index is 0.332. The summed E-state index contributed by atoms with van der Waals surface area (Å²) in [6.07, 6.45) is 1.06. The molecule has 0 saturated carbocycles. The number of hydrogen-bond acceptors (Lipinski definition) is 7. The number of fused-ring (bicyclic) bond motifs is 1. The maximum absolute atomic E-state index is 5.76. The number of nitrogens with zero attached hydrogens (tertiary/aromatic N) is 3. The molecule has 0 spiro atoms. The molecule has 6 nitrogen and oxygen atoms in total. The first-order valence-electron chi connectivity index (χ1n) is 8.70. The second kappa shape index (κ2) is 7.46. The predicted molar refractivity (Wildman–Crippen MR) is 107 cm³/mol. The van der Waals surface area contributed by atoms with E-state index in [-0.39, 0.29) is 0 Å². The number of aromatic nitrogens is 2. The summed E-state index contributed by atoms with van der Waals surface area (Å²) >= 11 is 7.25. The van der Waals surface area contributed by atoms with Gasteiger partial charge < -0.3 is 13.9 Å². The Hall–Kier alpha value is -2.16. The molecule has 1 aromatic carbocycles. The van der Waals surface area contributed by atoms with E-state index in [4.69, 9.17) is 26.1 Å². The summed E-state index contributed by atoms with van der Waals surface area (Å²) in [5, 5.41) is 6.77. The van der Waals surface area contributed by atoms with Crippen molar-refractivity contribution in [2.45, 2.75) is 26.1 Å². The highest BCUT2D eigenvalue weighted by Gasteiger charge is 2.25. The fraction of sp³-hybridized carbons (Fsp3) is 0.368. The molecular weight excluding hydrogens is 382 g/mol. The van der Waals surface area contributed by atoms with Crippen molar-refractivity contribution in [3.8, 4) is 23.0 Å². The highest BCUT2D eigenvalue weighted by Crippen LogP contribution is 2.33. The van der Waals surface area contributed by atoms with E-state index in [1.807, 2.05) is 29.5 Å². The molecule has 3 aromatic rings. The van der Waals surface area contributed by atoms with Crippen molar-refractivity contribution < 1.29 is 13.9 Å². The average molecular weight is 404 g/mol. The van der Waals surface area contributed by atoms with Gasteiger partial charge in [-0.05, 0) is 54.7 Å². The third-order valence-electron chi connectivity index (χ3n) is 4.92. The van der Waals surface area contributed by atoms with Crippen LogP contribution in [0, 0.1) is 4.84 Å². The molecule has 27 heavy (non-hydrogen) atoms. The fourth-order valence-electron chi connectivity index (χ4n) is 3.37. The Labute approximate surface area is 166 Å². The van der Waals surface area contributed by atoms with Gasteiger partial charge in [0, 0.05) is 29.1 Å². The maximum Gasteiger partial charge on any atom is 0.288 e. The van der Waals surface area contributed by atoms with Gasteiger partial charge in [-0.3, -0.25) is 4.90 Å². The zero-order valence-electron chi connectivity index (χ0n) is 15.5. The van der Waals surface area contributed by atoms with E-state index in [0.29, 0.717) is 34.9 Å². The van der Waals surface area contributed by atoms with Gasteiger partial charge in [-0.2, -0.15) is 0 Å². The molecule has 0 radical (unpaired) electrons. The van der Waals surface area contributed by atoms with Crippen molar-refractivity contribution in [3.05, 3.63) is 44.9 Å². The zero-order chi connectivity index (χ0) is 19.0. The molecule has 1 aliphatic heterocycles. The Morgan fingerprint density at radius 2 is 2.00 bits per heavy atom. The van der Waals surface area contributed by atoms with E-state index in [2.05, 4.69) is 28.4 Å².